The summed E-state index contributed by atoms with van der Waals surface area (Å²) in [5.41, 5.74) is 5.02. The molecule has 148 valence electrons. The first-order valence-electron chi connectivity index (χ1n) is 10.2. The van der Waals surface area contributed by atoms with Crippen molar-refractivity contribution in [2.24, 2.45) is 0 Å². The van der Waals surface area contributed by atoms with Crippen LogP contribution in [0.1, 0.15) is 22.3 Å². The quantitative estimate of drug-likeness (QED) is 0.451. The monoisotopic (exact) mass is 462 g/mol. The summed E-state index contributed by atoms with van der Waals surface area (Å²) in [6.45, 7) is 8.53. The van der Waals surface area contributed by atoms with Crippen LogP contribution in [0.4, 0.5) is 0 Å². The van der Waals surface area contributed by atoms with Crippen molar-refractivity contribution in [1.29, 1.82) is 0 Å². The molecule has 2 nitrogen and oxygen atoms in total. The fourth-order valence-electron chi connectivity index (χ4n) is 3.84. The Morgan fingerprint density at radius 3 is 1.28 bits per heavy atom. The van der Waals surface area contributed by atoms with Crippen LogP contribution in [-0.2, 0) is 21.1 Å². The molecule has 0 saturated carbocycles. The van der Waals surface area contributed by atoms with Crippen molar-refractivity contribution >= 4 is 0 Å². The van der Waals surface area contributed by atoms with Gasteiger partial charge in [0.2, 0.25) is 0 Å². The average Bonchev–Trinajstić information content (AvgIpc) is 3.41. The van der Waals surface area contributed by atoms with Crippen LogP contribution in [0.25, 0.3) is 0 Å². The molecule has 0 aromatic heterocycles. The number of hydrogen-bond acceptors (Lipinski definition) is 2. The molecule has 2 aromatic rings. The van der Waals surface area contributed by atoms with Gasteiger partial charge < -0.3 is 0 Å². The zero-order valence-corrected chi connectivity index (χ0v) is 20.0. The normalized spacial score (nSPS) is 16.1. The van der Waals surface area contributed by atoms with Crippen molar-refractivity contribution < 1.29 is 26.8 Å². The number of aryl methyl sites for hydroxylation is 4. The van der Waals surface area contributed by atoms with Gasteiger partial charge in [0.15, 0.2) is 0 Å². The van der Waals surface area contributed by atoms with Crippen LogP contribution in [0, 0.1) is 27.7 Å². The molecule has 0 saturated heterocycles. The Labute approximate surface area is 179 Å². The number of hydrogen-bond donors (Lipinski definition) is 0. The van der Waals surface area contributed by atoms with Crippen LogP contribution in [0.2, 0.25) is 7.25 Å². The second kappa shape index (κ2) is 8.32. The molecular weight excluding hydrogens is 436 g/mol. The van der Waals surface area contributed by atoms with Crippen LogP contribution in [0.5, 0.6) is 11.5 Å². The van der Waals surface area contributed by atoms with Gasteiger partial charge in [0.05, 0.1) is 0 Å². The van der Waals surface area contributed by atoms with Crippen LogP contribution < -0.4 is 5.63 Å². The Morgan fingerprint density at radius 1 is 0.552 bits per heavy atom. The summed E-state index contributed by atoms with van der Waals surface area (Å²) in [7, 11) is 0. The third-order valence-corrected chi connectivity index (χ3v) is 15.1. The molecule has 0 fully saturated rings. The molecule has 0 spiro atoms. The molecule has 0 aliphatic heterocycles. The summed E-state index contributed by atoms with van der Waals surface area (Å²) in [4.78, 5) is 0. The molecule has 4 rings (SSSR count). The van der Waals surface area contributed by atoms with Gasteiger partial charge in [0.1, 0.15) is 0 Å². The second-order valence-electron chi connectivity index (χ2n) is 8.01. The summed E-state index contributed by atoms with van der Waals surface area (Å²) >= 11 is -3.83. The van der Waals surface area contributed by atoms with E-state index < -0.39 is 21.1 Å². The van der Waals surface area contributed by atoms with E-state index in [0.717, 1.165) is 11.5 Å². The van der Waals surface area contributed by atoms with Crippen molar-refractivity contribution in [3.63, 3.8) is 0 Å². The maximum atomic E-state index is 6.96. The second-order valence-corrected chi connectivity index (χ2v) is 15.8. The Hall–Kier alpha value is -2.12. The molecule has 0 atom stereocenters. The van der Waals surface area contributed by atoms with Gasteiger partial charge >= 0.3 is 180 Å². The van der Waals surface area contributed by atoms with E-state index >= 15 is 0 Å². The molecule has 0 unspecified atom stereocenters. The van der Waals surface area contributed by atoms with Crippen LogP contribution >= 0.6 is 0 Å². The number of rotatable bonds is 6. The van der Waals surface area contributed by atoms with Crippen LogP contribution in [-0.4, -0.2) is 0 Å². The van der Waals surface area contributed by atoms with Crippen molar-refractivity contribution in [3.8, 4) is 11.5 Å². The topological polar surface area (TPSA) is 18.5 Å². The van der Waals surface area contributed by atoms with E-state index in [1.165, 1.54) is 22.3 Å². The van der Waals surface area contributed by atoms with Crippen molar-refractivity contribution in [1.82, 2.24) is 0 Å². The molecule has 2 aliphatic carbocycles. The third kappa shape index (κ3) is 4.12. The molecular formula is C26H28O2Zr. The summed E-state index contributed by atoms with van der Waals surface area (Å²) < 4.78 is 14.3. The van der Waals surface area contributed by atoms with Crippen molar-refractivity contribution in [2.45, 2.75) is 34.9 Å². The molecule has 0 N–H and O–H groups in total. The van der Waals surface area contributed by atoms with E-state index in [-0.39, 0.29) is 7.25 Å². The van der Waals surface area contributed by atoms with Crippen LogP contribution in [0.15, 0.2) is 85.0 Å². The molecule has 0 radical (unpaired) electrons. The Balaban J connectivity index is 1.80. The Bertz CT molecular complexity index is 921. The predicted octanol–water partition coefficient (Wildman–Crippen LogP) is 7.19. The Kier molecular flexibility index (Phi) is 5.79. The van der Waals surface area contributed by atoms with Gasteiger partial charge in [-0.3, -0.25) is 0 Å². The fourth-order valence-corrected chi connectivity index (χ4v) is 12.5. The Morgan fingerprint density at radius 2 is 0.931 bits per heavy atom. The van der Waals surface area contributed by atoms with E-state index in [4.69, 9.17) is 5.63 Å². The number of allylic oxidation sites excluding steroid dienone is 8. The molecule has 0 amide bonds. The summed E-state index contributed by atoms with van der Waals surface area (Å²) in [5.74, 6) is 1.82. The van der Waals surface area contributed by atoms with Gasteiger partial charge in [-0.15, -0.1) is 0 Å². The molecule has 29 heavy (non-hydrogen) atoms. The molecule has 0 bridgehead atoms. The first-order valence-corrected chi connectivity index (χ1v) is 15.0. The van der Waals surface area contributed by atoms with E-state index in [2.05, 4.69) is 113 Å². The van der Waals surface area contributed by atoms with Crippen molar-refractivity contribution in [2.75, 3.05) is 0 Å². The summed E-state index contributed by atoms with van der Waals surface area (Å²) in [6, 6.07) is 12.7. The molecule has 2 aliphatic rings. The summed E-state index contributed by atoms with van der Waals surface area (Å²) in [5, 5.41) is 0. The fraction of sp³-hybridized carbons (Fsp3) is 0.231. The van der Waals surface area contributed by atoms with E-state index in [1.54, 1.807) is 0 Å². The van der Waals surface area contributed by atoms with Gasteiger partial charge in [-0.05, 0) is 0 Å². The van der Waals surface area contributed by atoms with Gasteiger partial charge in [-0.2, -0.15) is 0 Å². The van der Waals surface area contributed by atoms with Gasteiger partial charge in [-0.1, -0.05) is 0 Å². The van der Waals surface area contributed by atoms with E-state index in [1.807, 2.05) is 0 Å². The predicted molar refractivity (Wildman–Crippen MR) is 117 cm³/mol. The van der Waals surface area contributed by atoms with E-state index in [9.17, 15) is 0 Å². The zero-order valence-electron chi connectivity index (χ0n) is 17.6. The van der Waals surface area contributed by atoms with Gasteiger partial charge in [0, 0.05) is 0 Å². The molecule has 0 heterocycles. The van der Waals surface area contributed by atoms with E-state index in [0.29, 0.717) is 0 Å². The first-order chi connectivity index (χ1) is 14.0. The minimum absolute atomic E-state index is 0.199. The minimum atomic E-state index is -3.83. The third-order valence-electron chi connectivity index (χ3n) is 5.94. The maximum absolute atomic E-state index is 6.96. The van der Waals surface area contributed by atoms with Crippen LogP contribution in [0.3, 0.4) is 0 Å². The zero-order chi connectivity index (χ0) is 20.4. The summed E-state index contributed by atoms with van der Waals surface area (Å²) in [6.07, 6.45) is 17.5. The first kappa shape index (κ1) is 20.2. The molecule has 2 aromatic carbocycles. The van der Waals surface area contributed by atoms with Gasteiger partial charge in [0.25, 0.3) is 0 Å². The SMILES string of the molecule is Cc1ccc([O][Zr]([O]c2ccc(C)c(C)c2)([CH]2C=CC=C2)[CH]2C=CC=C2)cc1C. The van der Waals surface area contributed by atoms with Gasteiger partial charge in [-0.25, -0.2) is 0 Å². The van der Waals surface area contributed by atoms with Crippen molar-refractivity contribution in [3.05, 3.63) is 107 Å². The standard InChI is InChI=1S/2C8H10O.2C5H5.Zr/c2*1-6-3-4-8(9)5-7(6)2;2*1-2-4-5-3-1;/h2*3-5,9H,1-2H3;2*1-5H;/q;;;;+2/p-2. The number of benzene rings is 2. The molecule has 3 heteroatoms. The average molecular weight is 464 g/mol.